The minimum absolute atomic E-state index is 0.121. The van der Waals surface area contributed by atoms with Gasteiger partial charge in [-0.15, -0.1) is 5.10 Å². The molecule has 0 bridgehead atoms. The van der Waals surface area contributed by atoms with Crippen LogP contribution in [0.15, 0.2) is 18.2 Å². The third kappa shape index (κ3) is 2.12. The molecule has 5 nitrogen and oxygen atoms in total. The van der Waals surface area contributed by atoms with E-state index in [0.717, 1.165) is 5.75 Å². The molecule has 0 spiro atoms. The van der Waals surface area contributed by atoms with Gasteiger partial charge in [0, 0.05) is 5.75 Å². The van der Waals surface area contributed by atoms with Crippen LogP contribution < -0.4 is 0 Å². The normalized spacial score (nSPS) is 12.8. The zero-order valence-corrected chi connectivity index (χ0v) is 10.4. The van der Waals surface area contributed by atoms with Gasteiger partial charge in [-0.3, -0.25) is 0 Å². The van der Waals surface area contributed by atoms with Gasteiger partial charge in [0.15, 0.2) is 0 Å². The molecule has 0 aliphatic carbocycles. The lowest BCUT2D eigenvalue weighted by atomic mass is 10.2. The Labute approximate surface area is 103 Å². The van der Waals surface area contributed by atoms with Crippen LogP contribution in [-0.4, -0.2) is 38.1 Å². The maximum Gasteiger partial charge on any atom is 0.337 e. The van der Waals surface area contributed by atoms with Gasteiger partial charge in [0.05, 0.1) is 11.6 Å². The summed E-state index contributed by atoms with van der Waals surface area (Å²) < 4.78 is 1.69. The van der Waals surface area contributed by atoms with E-state index in [1.165, 1.54) is 0 Å². The number of aromatic carboxylic acids is 1. The Morgan fingerprint density at radius 1 is 1.59 bits per heavy atom. The van der Waals surface area contributed by atoms with Crippen molar-refractivity contribution in [1.82, 2.24) is 15.0 Å². The highest BCUT2D eigenvalue weighted by Crippen LogP contribution is 2.21. The summed E-state index contributed by atoms with van der Waals surface area (Å²) >= 11 is 1.69. The fraction of sp³-hybridized carbons (Fsp3) is 0.364. The standard InChI is InChI=1S/C11H13N3O2S/c1-7(6-17-2)14-10-8(11(15)16)4-3-5-9(10)12-13-14/h3-5,7H,6H2,1-2H3,(H,15,16). The number of hydrogen-bond acceptors (Lipinski definition) is 4. The summed E-state index contributed by atoms with van der Waals surface area (Å²) in [6.07, 6.45) is 2.01. The highest BCUT2D eigenvalue weighted by molar-refractivity contribution is 7.98. The third-order valence-electron chi connectivity index (χ3n) is 2.55. The number of rotatable bonds is 4. The first-order valence-corrected chi connectivity index (χ1v) is 6.60. The van der Waals surface area contributed by atoms with Gasteiger partial charge >= 0.3 is 5.97 Å². The van der Waals surface area contributed by atoms with Crippen LogP contribution >= 0.6 is 11.8 Å². The van der Waals surface area contributed by atoms with Gasteiger partial charge in [-0.25, -0.2) is 9.48 Å². The zero-order chi connectivity index (χ0) is 12.4. The average molecular weight is 251 g/mol. The molecule has 0 saturated carbocycles. The number of carboxylic acid groups (broad SMARTS) is 1. The van der Waals surface area contributed by atoms with E-state index in [0.29, 0.717) is 11.0 Å². The molecule has 0 fully saturated rings. The molecule has 90 valence electrons. The van der Waals surface area contributed by atoms with Crippen molar-refractivity contribution in [3.8, 4) is 0 Å². The smallest absolute Gasteiger partial charge is 0.337 e. The second-order valence-electron chi connectivity index (χ2n) is 3.82. The highest BCUT2D eigenvalue weighted by atomic mass is 32.2. The highest BCUT2D eigenvalue weighted by Gasteiger charge is 2.17. The summed E-state index contributed by atoms with van der Waals surface area (Å²) in [7, 11) is 0. The first kappa shape index (κ1) is 11.9. The number of aromatic nitrogens is 3. The first-order chi connectivity index (χ1) is 8.15. The van der Waals surface area contributed by atoms with Crippen LogP contribution in [0.2, 0.25) is 0 Å². The van der Waals surface area contributed by atoms with Crippen LogP contribution in [0.3, 0.4) is 0 Å². The lowest BCUT2D eigenvalue weighted by Crippen LogP contribution is -2.11. The Kier molecular flexibility index (Phi) is 3.33. The summed E-state index contributed by atoms with van der Waals surface area (Å²) in [6.45, 7) is 2.00. The van der Waals surface area contributed by atoms with Gasteiger partial charge in [0.1, 0.15) is 11.0 Å². The Bertz CT molecular complexity index is 553. The molecule has 1 unspecified atom stereocenters. The molecule has 2 rings (SSSR count). The second kappa shape index (κ2) is 4.75. The molecule has 1 aromatic carbocycles. The summed E-state index contributed by atoms with van der Waals surface area (Å²) in [4.78, 5) is 11.2. The van der Waals surface area contributed by atoms with Gasteiger partial charge in [0.2, 0.25) is 0 Å². The van der Waals surface area contributed by atoms with E-state index < -0.39 is 5.97 Å². The van der Waals surface area contributed by atoms with E-state index in [2.05, 4.69) is 10.3 Å². The number of hydrogen-bond donors (Lipinski definition) is 1. The summed E-state index contributed by atoms with van der Waals surface area (Å²) in [5.74, 6) is -0.0811. The third-order valence-corrected chi connectivity index (χ3v) is 3.36. The van der Waals surface area contributed by atoms with Crippen molar-refractivity contribution in [2.45, 2.75) is 13.0 Å². The number of carbonyl (C=O) groups is 1. The molecule has 0 saturated heterocycles. The number of fused-ring (bicyclic) bond motifs is 1. The Hall–Kier alpha value is -1.56. The molecule has 1 atom stereocenters. The van der Waals surface area contributed by atoms with Crippen LogP contribution in [0.5, 0.6) is 0 Å². The maximum absolute atomic E-state index is 11.2. The number of para-hydroxylation sites is 1. The first-order valence-electron chi connectivity index (χ1n) is 5.21. The van der Waals surface area contributed by atoms with E-state index in [1.807, 2.05) is 13.2 Å². The molecule has 6 heteroatoms. The van der Waals surface area contributed by atoms with Gasteiger partial charge < -0.3 is 5.11 Å². The monoisotopic (exact) mass is 251 g/mol. The van der Waals surface area contributed by atoms with Crippen molar-refractivity contribution in [3.63, 3.8) is 0 Å². The average Bonchev–Trinajstić information content (AvgIpc) is 2.72. The predicted octanol–water partition coefficient (Wildman–Crippen LogP) is 2.05. The molecule has 17 heavy (non-hydrogen) atoms. The molecule has 0 amide bonds. The van der Waals surface area contributed by atoms with Gasteiger partial charge in [-0.1, -0.05) is 11.3 Å². The molecular formula is C11H13N3O2S. The van der Waals surface area contributed by atoms with Gasteiger partial charge in [0.25, 0.3) is 0 Å². The molecule has 0 aliphatic heterocycles. The summed E-state index contributed by atoms with van der Waals surface area (Å²) in [5.41, 5.74) is 1.47. The quantitative estimate of drug-likeness (QED) is 0.900. The largest absolute Gasteiger partial charge is 0.478 e. The topological polar surface area (TPSA) is 68.0 Å². The Balaban J connectivity index is 2.61. The minimum atomic E-state index is -0.949. The van der Waals surface area contributed by atoms with Crippen molar-refractivity contribution in [1.29, 1.82) is 0 Å². The molecular weight excluding hydrogens is 238 g/mol. The number of nitrogens with zero attached hydrogens (tertiary/aromatic N) is 3. The van der Waals surface area contributed by atoms with Crippen molar-refractivity contribution in [3.05, 3.63) is 23.8 Å². The molecule has 1 aromatic heterocycles. The van der Waals surface area contributed by atoms with Crippen molar-refractivity contribution < 1.29 is 9.90 Å². The molecule has 1 N–H and O–H groups in total. The Morgan fingerprint density at radius 2 is 2.35 bits per heavy atom. The number of thioether (sulfide) groups is 1. The summed E-state index contributed by atoms with van der Waals surface area (Å²) in [5, 5.41) is 17.2. The van der Waals surface area contributed by atoms with Gasteiger partial charge in [-0.2, -0.15) is 11.8 Å². The zero-order valence-electron chi connectivity index (χ0n) is 9.62. The van der Waals surface area contributed by atoms with Crippen molar-refractivity contribution in [2.24, 2.45) is 0 Å². The van der Waals surface area contributed by atoms with Crippen molar-refractivity contribution >= 4 is 28.8 Å². The SMILES string of the molecule is CSCC(C)n1nnc2cccc(C(=O)O)c21. The van der Waals surface area contributed by atoms with Crippen LogP contribution in [0, 0.1) is 0 Å². The van der Waals surface area contributed by atoms with E-state index in [1.54, 1.807) is 34.6 Å². The van der Waals surface area contributed by atoms with Crippen LogP contribution in [-0.2, 0) is 0 Å². The number of carboxylic acids is 1. The van der Waals surface area contributed by atoms with Crippen molar-refractivity contribution in [2.75, 3.05) is 12.0 Å². The van der Waals surface area contributed by atoms with Crippen LogP contribution in [0.4, 0.5) is 0 Å². The minimum Gasteiger partial charge on any atom is -0.478 e. The lowest BCUT2D eigenvalue weighted by Gasteiger charge is -2.11. The van der Waals surface area contributed by atoms with E-state index in [4.69, 9.17) is 5.11 Å². The second-order valence-corrected chi connectivity index (χ2v) is 4.73. The fourth-order valence-corrected chi connectivity index (χ4v) is 2.41. The summed E-state index contributed by atoms with van der Waals surface area (Å²) in [6, 6.07) is 5.16. The molecule has 1 heterocycles. The van der Waals surface area contributed by atoms with Gasteiger partial charge in [-0.05, 0) is 25.3 Å². The lowest BCUT2D eigenvalue weighted by molar-refractivity contribution is 0.0698. The van der Waals surface area contributed by atoms with Crippen LogP contribution in [0.25, 0.3) is 11.0 Å². The fourth-order valence-electron chi connectivity index (χ4n) is 1.79. The van der Waals surface area contributed by atoms with E-state index in [-0.39, 0.29) is 11.6 Å². The number of benzene rings is 1. The molecule has 2 aromatic rings. The molecule has 0 aliphatic rings. The Morgan fingerprint density at radius 3 is 3.00 bits per heavy atom. The van der Waals surface area contributed by atoms with E-state index in [9.17, 15) is 4.79 Å². The molecule has 0 radical (unpaired) electrons. The maximum atomic E-state index is 11.2. The van der Waals surface area contributed by atoms with Crippen LogP contribution in [0.1, 0.15) is 23.3 Å². The van der Waals surface area contributed by atoms with E-state index >= 15 is 0 Å². The predicted molar refractivity (Wildman–Crippen MR) is 67.6 cm³/mol.